The number of fused-ring (bicyclic) bond motifs is 1. The topological polar surface area (TPSA) is 57.7 Å². The molecule has 2 heterocycles. The third-order valence-electron chi connectivity index (χ3n) is 4.17. The van der Waals surface area contributed by atoms with E-state index in [9.17, 15) is 13.2 Å². The highest BCUT2D eigenvalue weighted by molar-refractivity contribution is 7.91. The minimum absolute atomic E-state index is 0.159. The van der Waals surface area contributed by atoms with E-state index in [0.29, 0.717) is 6.54 Å². The number of carbonyl (C=O) groups excluding carboxylic acids is 1. The second kappa shape index (κ2) is 6.66. The number of sulfonamides is 1. The van der Waals surface area contributed by atoms with E-state index in [-0.39, 0.29) is 16.7 Å². The second-order valence-electron chi connectivity index (χ2n) is 5.97. The van der Waals surface area contributed by atoms with Crippen LogP contribution in [0.1, 0.15) is 17.5 Å². The normalized spacial score (nSPS) is 14.7. The van der Waals surface area contributed by atoms with Crippen LogP contribution in [0.3, 0.4) is 0 Å². The van der Waals surface area contributed by atoms with E-state index in [1.165, 1.54) is 12.6 Å². The number of benzene rings is 1. The molecule has 0 saturated carbocycles. The molecule has 3 rings (SSSR count). The molecule has 24 heavy (non-hydrogen) atoms. The third kappa shape index (κ3) is 3.24. The lowest BCUT2D eigenvalue weighted by atomic mass is 9.99. The van der Waals surface area contributed by atoms with Crippen molar-refractivity contribution in [3.63, 3.8) is 0 Å². The minimum Gasteiger partial charge on any atom is -0.311 e. The summed E-state index contributed by atoms with van der Waals surface area (Å²) in [6.07, 6.45) is 1.84. The van der Waals surface area contributed by atoms with Crippen molar-refractivity contribution in [2.75, 3.05) is 25.0 Å². The number of aryl methyl sites for hydroxylation is 2. The number of nitrogens with zero attached hydrogens (tertiary/aromatic N) is 2. The summed E-state index contributed by atoms with van der Waals surface area (Å²) < 4.78 is 26.3. The number of thiophene rings is 1. The number of hydrogen-bond acceptors (Lipinski definition) is 4. The highest BCUT2D eigenvalue weighted by Crippen LogP contribution is 2.28. The molecule has 1 aromatic heterocycles. The summed E-state index contributed by atoms with van der Waals surface area (Å²) in [6.45, 7) is 2.50. The summed E-state index contributed by atoms with van der Waals surface area (Å²) in [5, 5.41) is 1.71. The molecule has 1 amide bonds. The van der Waals surface area contributed by atoms with Crippen LogP contribution in [0.4, 0.5) is 5.69 Å². The number of carbonyl (C=O) groups is 1. The van der Waals surface area contributed by atoms with Crippen molar-refractivity contribution in [3.8, 4) is 0 Å². The molecule has 7 heteroatoms. The Labute approximate surface area is 146 Å². The van der Waals surface area contributed by atoms with Crippen LogP contribution in [-0.2, 0) is 21.2 Å². The summed E-state index contributed by atoms with van der Waals surface area (Å²) in [5.74, 6) is -0.192. The molecule has 0 bridgehead atoms. The van der Waals surface area contributed by atoms with Crippen LogP contribution in [0.15, 0.2) is 39.9 Å². The maximum atomic E-state index is 12.7. The first-order chi connectivity index (χ1) is 11.4. The number of likely N-dealkylation sites (N-methyl/N-ethyl adjacent to an activating group) is 1. The first kappa shape index (κ1) is 17.1. The van der Waals surface area contributed by atoms with Crippen molar-refractivity contribution in [3.05, 3.63) is 46.8 Å². The van der Waals surface area contributed by atoms with Gasteiger partial charge in [-0.1, -0.05) is 23.8 Å². The van der Waals surface area contributed by atoms with Gasteiger partial charge in [-0.3, -0.25) is 4.79 Å². The molecule has 0 unspecified atom stereocenters. The van der Waals surface area contributed by atoms with Crippen LogP contribution >= 0.6 is 11.3 Å². The van der Waals surface area contributed by atoms with E-state index in [1.54, 1.807) is 22.4 Å². The highest BCUT2D eigenvalue weighted by Gasteiger charge is 2.28. The molecule has 1 aromatic carbocycles. The van der Waals surface area contributed by atoms with Crippen LogP contribution in [0, 0.1) is 6.92 Å². The van der Waals surface area contributed by atoms with Gasteiger partial charge in [-0.15, -0.1) is 11.3 Å². The summed E-state index contributed by atoms with van der Waals surface area (Å²) >= 11 is 1.16. The smallest absolute Gasteiger partial charge is 0.252 e. The van der Waals surface area contributed by atoms with Crippen LogP contribution in [0.2, 0.25) is 0 Å². The zero-order valence-electron chi connectivity index (χ0n) is 13.7. The molecule has 0 saturated heterocycles. The Kier molecular flexibility index (Phi) is 4.76. The van der Waals surface area contributed by atoms with Crippen molar-refractivity contribution in [2.24, 2.45) is 0 Å². The maximum absolute atomic E-state index is 12.7. The summed E-state index contributed by atoms with van der Waals surface area (Å²) in [5.41, 5.74) is 3.22. The van der Waals surface area contributed by atoms with Crippen LogP contribution in [0.25, 0.3) is 0 Å². The van der Waals surface area contributed by atoms with Crippen LogP contribution < -0.4 is 4.90 Å². The molecule has 0 atom stereocenters. The number of anilines is 1. The SMILES string of the molecule is Cc1ccc2c(c1)CCCN2C(=O)CN(C)S(=O)(=O)c1cccs1. The predicted octanol–water partition coefficient (Wildman–Crippen LogP) is 2.66. The Morgan fingerprint density at radius 3 is 2.83 bits per heavy atom. The zero-order chi connectivity index (χ0) is 17.3. The summed E-state index contributed by atoms with van der Waals surface area (Å²) in [7, 11) is -2.16. The van der Waals surface area contributed by atoms with Crippen LogP contribution in [0.5, 0.6) is 0 Å². The van der Waals surface area contributed by atoms with Crippen molar-refractivity contribution in [1.29, 1.82) is 0 Å². The fraction of sp³-hybridized carbons (Fsp3) is 0.353. The van der Waals surface area contributed by atoms with E-state index in [2.05, 4.69) is 6.07 Å². The van der Waals surface area contributed by atoms with Gasteiger partial charge in [0.15, 0.2) is 0 Å². The first-order valence-corrected chi connectivity index (χ1v) is 10.1. The van der Waals surface area contributed by atoms with Crippen LogP contribution in [-0.4, -0.2) is 38.8 Å². The van der Waals surface area contributed by atoms with E-state index in [4.69, 9.17) is 0 Å². The monoisotopic (exact) mass is 364 g/mol. The van der Waals surface area contributed by atoms with Gasteiger partial charge in [0.1, 0.15) is 4.21 Å². The number of rotatable bonds is 4. The van der Waals surface area contributed by atoms with E-state index in [1.807, 2.05) is 19.1 Å². The van der Waals surface area contributed by atoms with Gasteiger partial charge >= 0.3 is 0 Å². The van der Waals surface area contributed by atoms with Gasteiger partial charge in [-0.2, -0.15) is 4.31 Å². The van der Waals surface area contributed by atoms with Gasteiger partial charge in [0.25, 0.3) is 10.0 Å². The molecular formula is C17H20N2O3S2. The Hall–Kier alpha value is -1.70. The average Bonchev–Trinajstić information content (AvgIpc) is 3.09. The van der Waals surface area contributed by atoms with Crippen molar-refractivity contribution in [1.82, 2.24) is 4.31 Å². The van der Waals surface area contributed by atoms with E-state index in [0.717, 1.165) is 39.7 Å². The fourth-order valence-electron chi connectivity index (χ4n) is 2.91. The Balaban J connectivity index is 1.79. The Bertz CT molecular complexity index is 845. The van der Waals surface area contributed by atoms with Crippen molar-refractivity contribution < 1.29 is 13.2 Å². The van der Waals surface area contributed by atoms with E-state index >= 15 is 0 Å². The second-order valence-corrected chi connectivity index (χ2v) is 9.19. The molecule has 0 fully saturated rings. The number of hydrogen-bond donors (Lipinski definition) is 0. The number of amides is 1. The van der Waals surface area contributed by atoms with E-state index < -0.39 is 10.0 Å². The van der Waals surface area contributed by atoms with Crippen molar-refractivity contribution in [2.45, 2.75) is 24.0 Å². The molecule has 2 aromatic rings. The molecule has 128 valence electrons. The standard InChI is InChI=1S/C17H20N2O3S2/c1-13-7-8-15-14(11-13)5-3-9-19(15)16(20)12-18(2)24(21,22)17-6-4-10-23-17/h4,6-8,10-11H,3,5,9,12H2,1-2H3. The highest BCUT2D eigenvalue weighted by atomic mass is 32.2. The Morgan fingerprint density at radius 2 is 2.12 bits per heavy atom. The first-order valence-electron chi connectivity index (χ1n) is 7.79. The lowest BCUT2D eigenvalue weighted by Gasteiger charge is -2.31. The molecule has 5 nitrogen and oxygen atoms in total. The maximum Gasteiger partial charge on any atom is 0.252 e. The average molecular weight is 364 g/mol. The lowest BCUT2D eigenvalue weighted by Crippen LogP contribution is -2.43. The largest absolute Gasteiger partial charge is 0.311 e. The molecule has 0 aliphatic carbocycles. The van der Waals surface area contributed by atoms with Crippen molar-refractivity contribution >= 4 is 33.0 Å². The van der Waals surface area contributed by atoms with Gasteiger partial charge < -0.3 is 4.90 Å². The minimum atomic E-state index is -3.61. The van der Waals surface area contributed by atoms with Gasteiger partial charge in [0.2, 0.25) is 5.91 Å². The van der Waals surface area contributed by atoms with Gasteiger partial charge in [-0.25, -0.2) is 8.42 Å². The summed E-state index contributed by atoms with van der Waals surface area (Å²) in [4.78, 5) is 14.4. The zero-order valence-corrected chi connectivity index (χ0v) is 15.4. The van der Waals surface area contributed by atoms with Gasteiger partial charge in [0, 0.05) is 19.3 Å². The third-order valence-corrected chi connectivity index (χ3v) is 7.35. The quantitative estimate of drug-likeness (QED) is 0.838. The van der Waals surface area contributed by atoms with Gasteiger partial charge in [-0.05, 0) is 42.8 Å². The Morgan fingerprint density at radius 1 is 1.33 bits per heavy atom. The molecule has 0 radical (unpaired) electrons. The molecular weight excluding hydrogens is 344 g/mol. The molecule has 0 N–H and O–H groups in total. The molecule has 1 aliphatic rings. The molecule has 1 aliphatic heterocycles. The molecule has 0 spiro atoms. The lowest BCUT2D eigenvalue weighted by molar-refractivity contribution is -0.118. The van der Waals surface area contributed by atoms with Gasteiger partial charge in [0.05, 0.1) is 6.54 Å². The fourth-order valence-corrected chi connectivity index (χ4v) is 5.23. The summed E-state index contributed by atoms with van der Waals surface area (Å²) in [6, 6.07) is 9.28. The predicted molar refractivity (Wildman–Crippen MR) is 96.0 cm³/mol.